The minimum Gasteiger partial charge on any atom is -0.283 e. The molecule has 0 spiro atoms. The first-order valence-electron chi connectivity index (χ1n) is 6.97. The van der Waals surface area contributed by atoms with Gasteiger partial charge in [-0.15, -0.1) is 0 Å². The van der Waals surface area contributed by atoms with Crippen LogP contribution in [0.2, 0.25) is 0 Å². The molecule has 20 heavy (non-hydrogen) atoms. The highest BCUT2D eigenvalue weighted by molar-refractivity contribution is 6.00. The van der Waals surface area contributed by atoms with E-state index in [0.717, 1.165) is 22.2 Å². The van der Waals surface area contributed by atoms with Crippen LogP contribution in [0.5, 0.6) is 0 Å². The number of para-hydroxylation sites is 1. The van der Waals surface area contributed by atoms with Crippen LogP contribution < -0.4 is 0 Å². The number of benzene rings is 2. The molecule has 3 aromatic rings. The zero-order valence-corrected chi connectivity index (χ0v) is 11.3. The minimum absolute atomic E-state index is 0.0594. The van der Waals surface area contributed by atoms with Gasteiger partial charge in [0.1, 0.15) is 0 Å². The van der Waals surface area contributed by atoms with Crippen molar-refractivity contribution in [3.05, 3.63) is 71.9 Å². The molecule has 0 fully saturated rings. The second-order valence-electron chi connectivity index (χ2n) is 5.48. The zero-order valence-electron chi connectivity index (χ0n) is 11.3. The summed E-state index contributed by atoms with van der Waals surface area (Å²) in [5.74, 6) is 0.355. The van der Waals surface area contributed by atoms with Crippen LogP contribution >= 0.6 is 0 Å². The molecule has 2 nitrogen and oxygen atoms in total. The molecule has 0 amide bonds. The van der Waals surface area contributed by atoms with Gasteiger partial charge in [0.15, 0.2) is 0 Å². The average molecular weight is 261 g/mol. The second kappa shape index (κ2) is 4.07. The van der Waals surface area contributed by atoms with Crippen LogP contribution in [0.1, 0.15) is 34.8 Å². The monoisotopic (exact) mass is 261 g/mol. The van der Waals surface area contributed by atoms with Gasteiger partial charge < -0.3 is 0 Å². The molecule has 0 bridgehead atoms. The minimum atomic E-state index is -0.0594. The molecule has 0 saturated heterocycles. The third-order valence-electron chi connectivity index (χ3n) is 4.35. The Labute approximate surface area is 117 Å². The molecule has 1 aliphatic heterocycles. The van der Waals surface area contributed by atoms with E-state index >= 15 is 0 Å². The van der Waals surface area contributed by atoms with E-state index in [-0.39, 0.29) is 17.7 Å². The maximum absolute atomic E-state index is 12.8. The highest BCUT2D eigenvalue weighted by Crippen LogP contribution is 2.42. The van der Waals surface area contributed by atoms with Crippen LogP contribution in [-0.2, 0) is 0 Å². The number of carbonyl (C=O) groups excluding carboxylic acids is 1. The quantitative estimate of drug-likeness (QED) is 0.644. The van der Waals surface area contributed by atoms with Gasteiger partial charge in [-0.1, -0.05) is 55.5 Å². The first kappa shape index (κ1) is 11.5. The van der Waals surface area contributed by atoms with Gasteiger partial charge in [0.05, 0.1) is 11.4 Å². The Morgan fingerprint density at radius 3 is 2.45 bits per heavy atom. The van der Waals surface area contributed by atoms with Crippen molar-refractivity contribution in [1.29, 1.82) is 0 Å². The summed E-state index contributed by atoms with van der Waals surface area (Å²) in [5, 5.41) is 1.15. The summed E-state index contributed by atoms with van der Waals surface area (Å²) in [6, 6.07) is 20.3. The van der Waals surface area contributed by atoms with E-state index < -0.39 is 0 Å². The molecular formula is C18H15NO. The second-order valence-corrected chi connectivity index (χ2v) is 5.48. The van der Waals surface area contributed by atoms with Gasteiger partial charge in [0.2, 0.25) is 5.91 Å². The molecule has 2 atom stereocenters. The van der Waals surface area contributed by atoms with Crippen molar-refractivity contribution in [1.82, 2.24) is 4.57 Å². The van der Waals surface area contributed by atoms with Gasteiger partial charge in [-0.25, -0.2) is 0 Å². The number of hydrogen-bond acceptors (Lipinski definition) is 1. The highest BCUT2D eigenvalue weighted by atomic mass is 16.2. The van der Waals surface area contributed by atoms with Crippen LogP contribution in [-0.4, -0.2) is 10.5 Å². The Balaban J connectivity index is 1.91. The van der Waals surface area contributed by atoms with Crippen molar-refractivity contribution in [2.24, 2.45) is 0 Å². The van der Waals surface area contributed by atoms with Crippen LogP contribution in [0, 0.1) is 0 Å². The maximum atomic E-state index is 12.8. The number of nitrogens with zero attached hydrogens (tertiary/aromatic N) is 1. The smallest absolute Gasteiger partial charge is 0.239 e. The van der Waals surface area contributed by atoms with Crippen LogP contribution in [0.3, 0.4) is 0 Å². The molecule has 2 heterocycles. The van der Waals surface area contributed by atoms with Crippen molar-refractivity contribution < 1.29 is 4.79 Å². The average Bonchev–Trinajstić information content (AvgIpc) is 2.97. The van der Waals surface area contributed by atoms with E-state index in [1.165, 1.54) is 0 Å². The van der Waals surface area contributed by atoms with Gasteiger partial charge in [-0.05, 0) is 17.7 Å². The molecule has 0 aliphatic carbocycles. The molecule has 1 aliphatic rings. The third-order valence-corrected chi connectivity index (χ3v) is 4.35. The van der Waals surface area contributed by atoms with Crippen molar-refractivity contribution in [2.45, 2.75) is 18.8 Å². The fourth-order valence-electron chi connectivity index (χ4n) is 3.37. The van der Waals surface area contributed by atoms with E-state index in [1.807, 2.05) is 53.1 Å². The first-order chi connectivity index (χ1) is 9.77. The van der Waals surface area contributed by atoms with Gasteiger partial charge in [0, 0.05) is 17.0 Å². The van der Waals surface area contributed by atoms with Crippen molar-refractivity contribution in [3.8, 4) is 0 Å². The Hall–Kier alpha value is -2.35. The van der Waals surface area contributed by atoms with Crippen LogP contribution in [0.4, 0.5) is 0 Å². The number of carbonyl (C=O) groups is 1. The topological polar surface area (TPSA) is 22.0 Å². The summed E-state index contributed by atoms with van der Waals surface area (Å²) in [4.78, 5) is 12.8. The van der Waals surface area contributed by atoms with E-state index in [2.05, 4.69) is 19.1 Å². The summed E-state index contributed by atoms with van der Waals surface area (Å²) in [5.41, 5.74) is 3.26. The largest absolute Gasteiger partial charge is 0.283 e. The molecule has 0 radical (unpaired) electrons. The summed E-state index contributed by atoms with van der Waals surface area (Å²) in [7, 11) is 0. The molecule has 4 rings (SSSR count). The fraction of sp³-hybridized carbons (Fsp3) is 0.167. The lowest BCUT2D eigenvalue weighted by Gasteiger charge is -2.13. The SMILES string of the molecule is C[C@@H]1c2cc3ccccc3n2C(=O)[C@@H]1c1ccccc1. The number of rotatable bonds is 1. The summed E-state index contributed by atoms with van der Waals surface area (Å²) < 4.78 is 1.90. The van der Waals surface area contributed by atoms with E-state index in [0.29, 0.717) is 0 Å². The molecule has 1 aromatic heterocycles. The zero-order chi connectivity index (χ0) is 13.7. The van der Waals surface area contributed by atoms with E-state index in [4.69, 9.17) is 0 Å². The fourth-order valence-corrected chi connectivity index (χ4v) is 3.37. The maximum Gasteiger partial charge on any atom is 0.239 e. The van der Waals surface area contributed by atoms with Gasteiger partial charge >= 0.3 is 0 Å². The summed E-state index contributed by atoms with van der Waals surface area (Å²) in [6.07, 6.45) is 0. The Morgan fingerprint density at radius 1 is 0.950 bits per heavy atom. The predicted octanol–water partition coefficient (Wildman–Crippen LogP) is 4.18. The van der Waals surface area contributed by atoms with Gasteiger partial charge in [-0.2, -0.15) is 0 Å². The number of aromatic nitrogens is 1. The number of hydrogen-bond donors (Lipinski definition) is 0. The molecule has 0 unspecified atom stereocenters. The lowest BCUT2D eigenvalue weighted by molar-refractivity contribution is 0.0901. The van der Waals surface area contributed by atoms with Crippen molar-refractivity contribution in [3.63, 3.8) is 0 Å². The normalized spacial score (nSPS) is 21.4. The Kier molecular flexibility index (Phi) is 2.34. The molecular weight excluding hydrogens is 246 g/mol. The van der Waals surface area contributed by atoms with E-state index in [1.54, 1.807) is 0 Å². The van der Waals surface area contributed by atoms with E-state index in [9.17, 15) is 4.79 Å². The van der Waals surface area contributed by atoms with Crippen molar-refractivity contribution >= 4 is 16.8 Å². The lowest BCUT2D eigenvalue weighted by atomic mass is 9.87. The predicted molar refractivity (Wildman–Crippen MR) is 80.2 cm³/mol. The lowest BCUT2D eigenvalue weighted by Crippen LogP contribution is -2.14. The molecule has 2 aromatic carbocycles. The molecule has 98 valence electrons. The summed E-state index contributed by atoms with van der Waals surface area (Å²) >= 11 is 0. The Bertz CT molecular complexity index is 801. The van der Waals surface area contributed by atoms with Crippen LogP contribution in [0.15, 0.2) is 60.7 Å². The molecule has 0 saturated carbocycles. The van der Waals surface area contributed by atoms with Gasteiger partial charge in [0.25, 0.3) is 0 Å². The van der Waals surface area contributed by atoms with Gasteiger partial charge in [-0.3, -0.25) is 9.36 Å². The standard InChI is InChI=1S/C18H15NO/c1-12-16-11-14-9-5-6-10-15(14)19(16)18(20)17(12)13-7-3-2-4-8-13/h2-12,17H,1H3/t12-,17+/m1/s1. The van der Waals surface area contributed by atoms with Crippen LogP contribution in [0.25, 0.3) is 10.9 Å². The van der Waals surface area contributed by atoms with Crippen molar-refractivity contribution in [2.75, 3.05) is 0 Å². The Morgan fingerprint density at radius 2 is 1.65 bits per heavy atom. The highest BCUT2D eigenvalue weighted by Gasteiger charge is 2.39. The summed E-state index contributed by atoms with van der Waals surface area (Å²) in [6.45, 7) is 2.15. The first-order valence-corrected chi connectivity index (χ1v) is 6.97. The third kappa shape index (κ3) is 1.42. The molecule has 2 heteroatoms. The number of fused-ring (bicyclic) bond motifs is 3. The molecule has 0 N–H and O–H groups in total.